The molecule has 0 unspecified atom stereocenters. The van der Waals surface area contributed by atoms with Crippen LogP contribution in [0, 0.1) is 0 Å². The van der Waals surface area contributed by atoms with Gasteiger partial charge in [0.1, 0.15) is 17.2 Å². The van der Waals surface area contributed by atoms with Gasteiger partial charge in [0.2, 0.25) is 0 Å². The van der Waals surface area contributed by atoms with Gasteiger partial charge in [-0.25, -0.2) is 9.97 Å². The minimum absolute atomic E-state index is 0.198. The van der Waals surface area contributed by atoms with Crippen molar-refractivity contribution in [1.29, 1.82) is 0 Å². The van der Waals surface area contributed by atoms with Gasteiger partial charge in [0.15, 0.2) is 0 Å². The van der Waals surface area contributed by atoms with Crippen LogP contribution in [0.2, 0.25) is 0 Å². The number of rotatable bonds is 7. The Morgan fingerprint density at radius 1 is 1.53 bits per heavy atom. The molecule has 0 bridgehead atoms. The van der Waals surface area contributed by atoms with E-state index >= 15 is 0 Å². The molecular weight excluding hydrogens is 238 g/mol. The molecule has 5 nitrogen and oxygen atoms in total. The lowest BCUT2D eigenvalue weighted by atomic mass is 10.4. The average Bonchev–Trinajstić information content (AvgIpc) is 2.36. The summed E-state index contributed by atoms with van der Waals surface area (Å²) in [4.78, 5) is 19.2. The number of nitrogens with zero attached hydrogens (tertiary/aromatic N) is 2. The van der Waals surface area contributed by atoms with Crippen LogP contribution in [0.15, 0.2) is 17.4 Å². The second-order valence-corrected chi connectivity index (χ2v) is 4.46. The van der Waals surface area contributed by atoms with Crippen LogP contribution in [0.5, 0.6) is 0 Å². The van der Waals surface area contributed by atoms with E-state index in [2.05, 4.69) is 26.9 Å². The van der Waals surface area contributed by atoms with Gasteiger partial charge in [-0.2, -0.15) is 0 Å². The third kappa shape index (κ3) is 5.53. The monoisotopic (exact) mass is 255 g/mol. The summed E-state index contributed by atoms with van der Waals surface area (Å²) in [5, 5.41) is 4.05. The van der Waals surface area contributed by atoms with Crippen molar-refractivity contribution in [1.82, 2.24) is 9.97 Å². The van der Waals surface area contributed by atoms with Crippen LogP contribution in [0.3, 0.4) is 0 Å². The summed E-state index contributed by atoms with van der Waals surface area (Å²) < 4.78 is 4.57. The number of ether oxygens (including phenoxy) is 1. The summed E-state index contributed by atoms with van der Waals surface area (Å²) in [6.07, 6.45) is 2.97. The maximum Gasteiger partial charge on any atom is 0.306 e. The molecule has 0 amide bonds. The number of nitrogens with one attached hydrogen (secondary N) is 1. The summed E-state index contributed by atoms with van der Waals surface area (Å²) in [5.41, 5.74) is 0. The zero-order valence-electron chi connectivity index (χ0n) is 10.1. The highest BCUT2D eigenvalue weighted by atomic mass is 32.2. The highest BCUT2D eigenvalue weighted by molar-refractivity contribution is 7.99. The first kappa shape index (κ1) is 13.8. The standard InChI is InChI=1S/C11H17N3O2S/c1-3-5-12-9-7-10(14-8-13-9)17-6-4-11(15)16-2/h7-8H,3-6H2,1-2H3,(H,12,13,14). The Morgan fingerprint density at radius 3 is 3.06 bits per heavy atom. The van der Waals surface area contributed by atoms with Crippen molar-refractivity contribution in [3.05, 3.63) is 12.4 Å². The molecule has 6 heteroatoms. The topological polar surface area (TPSA) is 64.1 Å². The fourth-order valence-corrected chi connectivity index (χ4v) is 1.90. The molecule has 1 aromatic heterocycles. The average molecular weight is 255 g/mol. The molecule has 1 aromatic rings. The Hall–Kier alpha value is -1.30. The molecule has 0 aliphatic heterocycles. The molecule has 94 valence electrons. The second-order valence-electron chi connectivity index (χ2n) is 3.34. The Morgan fingerprint density at radius 2 is 2.35 bits per heavy atom. The van der Waals surface area contributed by atoms with Crippen LogP contribution in [-0.2, 0) is 9.53 Å². The molecule has 0 aliphatic carbocycles. The molecule has 1 N–H and O–H groups in total. The van der Waals surface area contributed by atoms with Crippen LogP contribution < -0.4 is 5.32 Å². The van der Waals surface area contributed by atoms with Gasteiger partial charge in [0.25, 0.3) is 0 Å². The number of carbonyl (C=O) groups is 1. The molecule has 1 heterocycles. The lowest BCUT2D eigenvalue weighted by molar-refractivity contribution is -0.140. The van der Waals surface area contributed by atoms with E-state index in [-0.39, 0.29) is 5.97 Å². The summed E-state index contributed by atoms with van der Waals surface area (Å²) in [6, 6.07) is 1.89. The first-order chi connectivity index (χ1) is 8.26. The van der Waals surface area contributed by atoms with E-state index in [1.807, 2.05) is 6.07 Å². The van der Waals surface area contributed by atoms with E-state index in [4.69, 9.17) is 0 Å². The van der Waals surface area contributed by atoms with Crippen molar-refractivity contribution in [2.24, 2.45) is 0 Å². The van der Waals surface area contributed by atoms with Gasteiger partial charge >= 0.3 is 5.97 Å². The quantitative estimate of drug-likeness (QED) is 0.456. The maximum atomic E-state index is 10.9. The van der Waals surface area contributed by atoms with Crippen molar-refractivity contribution in [2.75, 3.05) is 24.7 Å². The number of aromatic nitrogens is 2. The minimum Gasteiger partial charge on any atom is -0.469 e. The molecule has 17 heavy (non-hydrogen) atoms. The number of methoxy groups -OCH3 is 1. The van der Waals surface area contributed by atoms with Gasteiger partial charge in [0.05, 0.1) is 13.5 Å². The number of carbonyl (C=O) groups excluding carboxylic acids is 1. The van der Waals surface area contributed by atoms with Crippen molar-refractivity contribution in [3.8, 4) is 0 Å². The van der Waals surface area contributed by atoms with Crippen LogP contribution in [0.1, 0.15) is 19.8 Å². The lowest BCUT2D eigenvalue weighted by Gasteiger charge is -2.05. The van der Waals surface area contributed by atoms with Gasteiger partial charge < -0.3 is 10.1 Å². The summed E-state index contributed by atoms with van der Waals surface area (Å²) in [5.74, 6) is 1.29. The van der Waals surface area contributed by atoms with Crippen molar-refractivity contribution < 1.29 is 9.53 Å². The maximum absolute atomic E-state index is 10.9. The molecule has 1 rings (SSSR count). The van der Waals surface area contributed by atoms with Gasteiger partial charge in [-0.1, -0.05) is 6.92 Å². The molecule has 0 fully saturated rings. The predicted molar refractivity (Wildman–Crippen MR) is 68.2 cm³/mol. The van der Waals surface area contributed by atoms with Crippen LogP contribution in [-0.4, -0.2) is 35.3 Å². The Labute approximate surface area is 105 Å². The molecule has 0 saturated heterocycles. The predicted octanol–water partition coefficient (Wildman–Crippen LogP) is 1.95. The van der Waals surface area contributed by atoms with Gasteiger partial charge in [0, 0.05) is 18.4 Å². The molecule has 0 aromatic carbocycles. The van der Waals surface area contributed by atoms with E-state index in [9.17, 15) is 4.79 Å². The Kier molecular flexibility index (Phi) is 6.39. The summed E-state index contributed by atoms with van der Waals surface area (Å²) in [6.45, 7) is 2.99. The van der Waals surface area contributed by atoms with Gasteiger partial charge in [-0.15, -0.1) is 11.8 Å². The SMILES string of the molecule is CCCNc1cc(SCCC(=O)OC)ncn1. The molecule has 0 atom stereocenters. The first-order valence-corrected chi connectivity index (χ1v) is 6.50. The normalized spacial score (nSPS) is 10.0. The Balaban J connectivity index is 2.40. The highest BCUT2D eigenvalue weighted by Crippen LogP contribution is 2.18. The zero-order valence-corrected chi connectivity index (χ0v) is 10.9. The van der Waals surface area contributed by atoms with Gasteiger partial charge in [-0.05, 0) is 6.42 Å². The molecule has 0 radical (unpaired) electrons. The fraction of sp³-hybridized carbons (Fsp3) is 0.545. The number of esters is 1. The van der Waals surface area contributed by atoms with E-state index in [1.165, 1.54) is 25.2 Å². The largest absolute Gasteiger partial charge is 0.469 e. The second kappa shape index (κ2) is 7.89. The molecule has 0 spiro atoms. The molecule has 0 aliphatic rings. The summed E-state index contributed by atoms with van der Waals surface area (Å²) in [7, 11) is 1.39. The minimum atomic E-state index is -0.198. The lowest BCUT2D eigenvalue weighted by Crippen LogP contribution is -2.03. The smallest absolute Gasteiger partial charge is 0.306 e. The molecular formula is C11H17N3O2S. The fourth-order valence-electron chi connectivity index (χ4n) is 1.11. The van der Waals surface area contributed by atoms with E-state index in [0.29, 0.717) is 12.2 Å². The highest BCUT2D eigenvalue weighted by Gasteiger charge is 2.03. The molecule has 0 saturated carbocycles. The van der Waals surface area contributed by atoms with Crippen molar-refractivity contribution in [2.45, 2.75) is 24.8 Å². The van der Waals surface area contributed by atoms with Crippen LogP contribution in [0.25, 0.3) is 0 Å². The van der Waals surface area contributed by atoms with Crippen molar-refractivity contribution in [3.63, 3.8) is 0 Å². The zero-order chi connectivity index (χ0) is 12.5. The van der Waals surface area contributed by atoms with E-state index in [1.54, 1.807) is 0 Å². The van der Waals surface area contributed by atoms with Crippen LogP contribution >= 0.6 is 11.8 Å². The summed E-state index contributed by atoms with van der Waals surface area (Å²) >= 11 is 1.52. The van der Waals surface area contributed by atoms with Gasteiger partial charge in [-0.3, -0.25) is 4.79 Å². The number of hydrogen-bond donors (Lipinski definition) is 1. The van der Waals surface area contributed by atoms with Crippen LogP contribution in [0.4, 0.5) is 5.82 Å². The van der Waals surface area contributed by atoms with E-state index in [0.717, 1.165) is 23.8 Å². The first-order valence-electron chi connectivity index (χ1n) is 5.51. The van der Waals surface area contributed by atoms with Crippen molar-refractivity contribution >= 4 is 23.5 Å². The number of thioether (sulfide) groups is 1. The number of anilines is 1. The third-order valence-electron chi connectivity index (χ3n) is 1.98. The Bertz CT molecular complexity index is 360. The third-order valence-corrected chi connectivity index (χ3v) is 2.91. The van der Waals surface area contributed by atoms with E-state index < -0.39 is 0 Å². The number of hydrogen-bond acceptors (Lipinski definition) is 6.